The molecule has 1 aromatic rings. The number of amides is 3. The molecule has 29 heavy (non-hydrogen) atoms. The molecule has 3 amide bonds. The van der Waals surface area contributed by atoms with Crippen molar-refractivity contribution in [2.45, 2.75) is 38.9 Å². The van der Waals surface area contributed by atoms with Gasteiger partial charge < -0.3 is 4.90 Å². The first-order chi connectivity index (χ1) is 13.9. The molecule has 8 nitrogen and oxygen atoms in total. The number of nitrogens with zero attached hydrogens (tertiary/aromatic N) is 5. The first kappa shape index (κ1) is 19.5. The van der Waals surface area contributed by atoms with Crippen molar-refractivity contribution in [1.82, 2.24) is 25.0 Å². The van der Waals surface area contributed by atoms with Gasteiger partial charge in [0.15, 0.2) is 6.29 Å². The fourth-order valence-corrected chi connectivity index (χ4v) is 4.12. The van der Waals surface area contributed by atoms with Crippen LogP contribution in [0.15, 0.2) is 41.5 Å². The van der Waals surface area contributed by atoms with Crippen LogP contribution in [0.4, 0.5) is 9.18 Å². The van der Waals surface area contributed by atoms with Crippen LogP contribution in [-0.2, 0) is 11.3 Å². The number of benzene rings is 1. The van der Waals surface area contributed by atoms with Crippen LogP contribution >= 0.6 is 0 Å². The zero-order valence-corrected chi connectivity index (χ0v) is 16.7. The van der Waals surface area contributed by atoms with E-state index >= 15 is 0 Å². The third-order valence-electron chi connectivity index (χ3n) is 5.53. The highest BCUT2D eigenvalue weighted by Crippen LogP contribution is 2.30. The van der Waals surface area contributed by atoms with Gasteiger partial charge in [-0.1, -0.05) is 24.3 Å². The molecule has 3 aliphatic rings. The Labute approximate surface area is 169 Å². The molecule has 1 aromatic carbocycles. The molecule has 0 saturated carbocycles. The number of hydrogen-bond acceptors (Lipinski definition) is 6. The summed E-state index contributed by atoms with van der Waals surface area (Å²) in [6.45, 7) is 5.14. The highest BCUT2D eigenvalue weighted by molar-refractivity contribution is 6.01. The summed E-state index contributed by atoms with van der Waals surface area (Å²) in [5, 5.41) is 9.91. The fourth-order valence-electron chi connectivity index (χ4n) is 4.12. The van der Waals surface area contributed by atoms with E-state index in [4.69, 9.17) is 0 Å². The Morgan fingerprint density at radius 2 is 2.00 bits per heavy atom. The number of rotatable bonds is 4. The second kappa shape index (κ2) is 7.57. The molecule has 1 N–H and O–H groups in total. The molecule has 0 bridgehead atoms. The van der Waals surface area contributed by atoms with Crippen molar-refractivity contribution < 1.29 is 14.0 Å². The van der Waals surface area contributed by atoms with Crippen molar-refractivity contribution in [1.29, 1.82) is 0 Å². The van der Waals surface area contributed by atoms with Gasteiger partial charge in [0.25, 0.3) is 5.91 Å². The van der Waals surface area contributed by atoms with E-state index in [9.17, 15) is 14.0 Å². The van der Waals surface area contributed by atoms with Crippen LogP contribution in [0.1, 0.15) is 19.4 Å². The van der Waals surface area contributed by atoms with Gasteiger partial charge in [0.2, 0.25) is 0 Å². The number of imide groups is 1. The molecule has 154 valence electrons. The predicted molar refractivity (Wildman–Crippen MR) is 106 cm³/mol. The summed E-state index contributed by atoms with van der Waals surface area (Å²) < 4.78 is 13.2. The number of carbonyl (C=O) groups excluding carboxylic acids is 2. The molecule has 0 spiro atoms. The maximum atomic E-state index is 13.4. The SMILES string of the molecule is C/C=C/CN1N=C(C)CN2C3C(=O)N(Cc4ccc(F)cc4)C(=O)N(C)C3NC12. The molecule has 3 unspecified atom stereocenters. The Hall–Kier alpha value is -2.78. The Kier molecular flexibility index (Phi) is 5.10. The molecular weight excluding hydrogens is 375 g/mol. The van der Waals surface area contributed by atoms with Crippen LogP contribution in [0, 0.1) is 5.82 Å². The third-order valence-corrected chi connectivity index (χ3v) is 5.53. The summed E-state index contributed by atoms with van der Waals surface area (Å²) in [6.07, 6.45) is 3.26. The minimum Gasteiger partial charge on any atom is -0.310 e. The predicted octanol–water partition coefficient (Wildman–Crippen LogP) is 1.37. The van der Waals surface area contributed by atoms with Gasteiger partial charge >= 0.3 is 6.03 Å². The average Bonchev–Trinajstić information content (AvgIpc) is 3.08. The Bertz CT molecular complexity index is 870. The summed E-state index contributed by atoms with van der Waals surface area (Å²) in [5.74, 6) is -0.604. The van der Waals surface area contributed by atoms with E-state index in [1.165, 1.54) is 17.0 Å². The van der Waals surface area contributed by atoms with Gasteiger partial charge in [-0.15, -0.1) is 0 Å². The first-order valence-electron chi connectivity index (χ1n) is 9.67. The third kappa shape index (κ3) is 3.40. The molecule has 9 heteroatoms. The van der Waals surface area contributed by atoms with Crippen molar-refractivity contribution in [3.8, 4) is 0 Å². The van der Waals surface area contributed by atoms with Crippen molar-refractivity contribution in [2.75, 3.05) is 20.1 Å². The minimum atomic E-state index is -0.512. The summed E-state index contributed by atoms with van der Waals surface area (Å²) >= 11 is 0. The maximum absolute atomic E-state index is 13.4. The van der Waals surface area contributed by atoms with E-state index in [-0.39, 0.29) is 30.6 Å². The summed E-state index contributed by atoms with van der Waals surface area (Å²) in [6, 6.07) is 4.96. The number of halogens is 1. The topological polar surface area (TPSA) is 71.5 Å². The highest BCUT2D eigenvalue weighted by atomic mass is 19.1. The lowest BCUT2D eigenvalue weighted by Gasteiger charge is -2.42. The van der Waals surface area contributed by atoms with Gasteiger partial charge in [-0.2, -0.15) is 5.10 Å². The summed E-state index contributed by atoms with van der Waals surface area (Å²) in [5.41, 5.74) is 1.61. The number of hydrazone groups is 1. The standard InChI is InChI=1S/C20H25FN6O2/c1-4-5-10-27-19-22-17-16(25(19)11-13(2)23-27)18(28)26(20(29)24(17)3)12-14-6-8-15(21)9-7-14/h4-9,16-17,19,22H,10-12H2,1-3H3/b5-4+. The lowest BCUT2D eigenvalue weighted by molar-refractivity contribution is -0.139. The fraction of sp³-hybridized carbons (Fsp3) is 0.450. The molecule has 3 aliphatic heterocycles. The molecule has 0 aromatic heterocycles. The number of urea groups is 1. The summed E-state index contributed by atoms with van der Waals surface area (Å²) in [4.78, 5) is 31.2. The number of fused-ring (bicyclic) bond motifs is 3. The lowest BCUT2D eigenvalue weighted by Crippen LogP contribution is -2.66. The van der Waals surface area contributed by atoms with Crippen LogP contribution in [-0.4, -0.2) is 76.0 Å². The monoisotopic (exact) mass is 400 g/mol. The van der Waals surface area contributed by atoms with Gasteiger partial charge in [-0.3, -0.25) is 20.0 Å². The van der Waals surface area contributed by atoms with E-state index in [0.717, 1.165) is 5.71 Å². The van der Waals surface area contributed by atoms with E-state index in [1.54, 1.807) is 24.1 Å². The number of allylic oxidation sites excluding steroid dienone is 1. The van der Waals surface area contributed by atoms with Gasteiger partial charge in [0, 0.05) is 19.3 Å². The van der Waals surface area contributed by atoms with Gasteiger partial charge in [0.05, 0.1) is 13.1 Å². The number of carbonyl (C=O) groups is 2. The van der Waals surface area contributed by atoms with Crippen LogP contribution < -0.4 is 5.32 Å². The molecular formula is C20H25FN6O2. The Morgan fingerprint density at radius 3 is 2.69 bits per heavy atom. The van der Waals surface area contributed by atoms with Crippen molar-refractivity contribution in [3.63, 3.8) is 0 Å². The minimum absolute atomic E-state index is 0.110. The van der Waals surface area contributed by atoms with E-state index in [1.807, 2.05) is 31.0 Å². The Balaban J connectivity index is 1.61. The maximum Gasteiger partial charge on any atom is 0.328 e. The van der Waals surface area contributed by atoms with Crippen LogP contribution in [0.2, 0.25) is 0 Å². The molecule has 0 aliphatic carbocycles. The summed E-state index contributed by atoms with van der Waals surface area (Å²) in [7, 11) is 1.69. The number of likely N-dealkylation sites (N-methyl/N-ethyl adjacent to an activating group) is 1. The number of hydrogen-bond donors (Lipinski definition) is 1. The average molecular weight is 400 g/mol. The largest absolute Gasteiger partial charge is 0.328 e. The van der Waals surface area contributed by atoms with Crippen molar-refractivity contribution >= 4 is 17.6 Å². The van der Waals surface area contributed by atoms with Crippen LogP contribution in [0.3, 0.4) is 0 Å². The smallest absolute Gasteiger partial charge is 0.310 e. The quantitative estimate of drug-likeness (QED) is 0.773. The first-order valence-corrected chi connectivity index (χ1v) is 9.67. The number of nitrogens with one attached hydrogen (secondary N) is 1. The molecule has 2 fully saturated rings. The van der Waals surface area contributed by atoms with Gasteiger partial charge in [0.1, 0.15) is 18.0 Å². The van der Waals surface area contributed by atoms with E-state index in [0.29, 0.717) is 18.7 Å². The molecule has 4 rings (SSSR count). The zero-order valence-electron chi connectivity index (χ0n) is 16.7. The van der Waals surface area contributed by atoms with E-state index < -0.39 is 12.2 Å². The molecule has 0 radical (unpaired) electrons. The van der Waals surface area contributed by atoms with E-state index in [2.05, 4.69) is 15.3 Å². The van der Waals surface area contributed by atoms with Gasteiger partial charge in [-0.05, 0) is 31.5 Å². The van der Waals surface area contributed by atoms with Crippen molar-refractivity contribution in [3.05, 3.63) is 47.8 Å². The second-order valence-electron chi connectivity index (χ2n) is 7.57. The Morgan fingerprint density at radius 1 is 1.28 bits per heavy atom. The zero-order chi connectivity index (χ0) is 20.7. The lowest BCUT2D eigenvalue weighted by atomic mass is 10.1. The van der Waals surface area contributed by atoms with Gasteiger partial charge in [-0.25, -0.2) is 14.1 Å². The normalized spacial score (nSPS) is 27.5. The van der Waals surface area contributed by atoms with Crippen LogP contribution in [0.25, 0.3) is 0 Å². The second-order valence-corrected chi connectivity index (χ2v) is 7.57. The highest BCUT2D eigenvalue weighted by Gasteiger charge is 2.56. The van der Waals surface area contributed by atoms with Crippen molar-refractivity contribution in [2.24, 2.45) is 5.10 Å². The molecule has 3 atom stereocenters. The molecule has 3 heterocycles. The van der Waals surface area contributed by atoms with Crippen LogP contribution in [0.5, 0.6) is 0 Å². The molecule has 2 saturated heterocycles.